The Balaban J connectivity index is 1.92. The number of hydrogen-bond acceptors (Lipinski definition) is 5. The number of thiophene rings is 1. The van der Waals surface area contributed by atoms with E-state index in [1.807, 2.05) is 29.6 Å². The molecule has 1 heterocycles. The van der Waals surface area contributed by atoms with Gasteiger partial charge in [0.05, 0.1) is 4.75 Å². The molecular formula is C17H20N2O3S2. The molecule has 5 nitrogen and oxygen atoms in total. The lowest BCUT2D eigenvalue weighted by Crippen LogP contribution is -2.43. The molecule has 0 aliphatic carbocycles. The first-order valence-corrected chi connectivity index (χ1v) is 9.52. The van der Waals surface area contributed by atoms with Crippen LogP contribution < -0.4 is 10.8 Å². The molecule has 0 radical (unpaired) electrons. The summed E-state index contributed by atoms with van der Waals surface area (Å²) >= 11 is 2.98. The van der Waals surface area contributed by atoms with Crippen LogP contribution in [0.1, 0.15) is 23.7 Å². The van der Waals surface area contributed by atoms with Gasteiger partial charge >= 0.3 is 0 Å². The maximum absolute atomic E-state index is 12.2. The van der Waals surface area contributed by atoms with E-state index in [-0.39, 0.29) is 5.91 Å². The number of thioether (sulfide) groups is 1. The minimum absolute atomic E-state index is 0.180. The Bertz CT molecular complexity index is 686. The Labute approximate surface area is 149 Å². The van der Waals surface area contributed by atoms with Crippen LogP contribution in [-0.4, -0.2) is 34.6 Å². The highest BCUT2D eigenvalue weighted by atomic mass is 32.2. The Morgan fingerprint density at radius 3 is 2.50 bits per heavy atom. The quantitative estimate of drug-likeness (QED) is 0.521. The number of nitrogens with one attached hydrogen (secondary N) is 2. The third kappa shape index (κ3) is 4.37. The minimum atomic E-state index is -0.787. The maximum atomic E-state index is 12.2. The molecule has 0 saturated carbocycles. The van der Waals surface area contributed by atoms with Crippen molar-refractivity contribution in [1.82, 2.24) is 10.8 Å². The second-order valence-corrected chi connectivity index (χ2v) is 7.69. The van der Waals surface area contributed by atoms with E-state index < -0.39 is 10.7 Å². The van der Waals surface area contributed by atoms with Crippen molar-refractivity contribution in [2.24, 2.45) is 0 Å². The van der Waals surface area contributed by atoms with Gasteiger partial charge in [-0.2, -0.15) is 0 Å². The second-order valence-electron chi connectivity index (χ2n) is 5.44. The molecule has 2 aromatic rings. The number of carbonyl (C=O) groups is 2. The Morgan fingerprint density at radius 1 is 1.25 bits per heavy atom. The summed E-state index contributed by atoms with van der Waals surface area (Å²) in [7, 11) is 0. The van der Waals surface area contributed by atoms with Gasteiger partial charge < -0.3 is 5.32 Å². The highest BCUT2D eigenvalue weighted by Crippen LogP contribution is 2.26. The first-order chi connectivity index (χ1) is 11.5. The van der Waals surface area contributed by atoms with Gasteiger partial charge in [-0.25, -0.2) is 5.48 Å². The molecule has 1 atom stereocenters. The van der Waals surface area contributed by atoms with Gasteiger partial charge in [-0.05, 0) is 48.7 Å². The number of benzene rings is 1. The van der Waals surface area contributed by atoms with Crippen LogP contribution in [-0.2, 0) is 4.79 Å². The zero-order chi connectivity index (χ0) is 17.6. The molecule has 0 spiro atoms. The fourth-order valence-corrected chi connectivity index (χ4v) is 3.44. The van der Waals surface area contributed by atoms with Gasteiger partial charge in [0, 0.05) is 17.0 Å². The first kappa shape index (κ1) is 18.5. The van der Waals surface area contributed by atoms with Crippen LogP contribution in [0.25, 0.3) is 10.4 Å². The molecule has 0 aliphatic heterocycles. The van der Waals surface area contributed by atoms with Crippen LogP contribution in [0.3, 0.4) is 0 Å². The van der Waals surface area contributed by atoms with Gasteiger partial charge in [-0.15, -0.1) is 23.1 Å². The summed E-state index contributed by atoms with van der Waals surface area (Å²) in [6, 6.07) is 11.5. The molecule has 3 N–H and O–H groups in total. The zero-order valence-corrected chi connectivity index (χ0v) is 15.2. The van der Waals surface area contributed by atoms with Gasteiger partial charge in [0.25, 0.3) is 11.8 Å². The fraction of sp³-hybridized carbons (Fsp3) is 0.294. The molecule has 1 unspecified atom stereocenters. The predicted molar refractivity (Wildman–Crippen MR) is 98.6 cm³/mol. The average molecular weight is 364 g/mol. The monoisotopic (exact) mass is 364 g/mol. The third-order valence-electron chi connectivity index (χ3n) is 3.87. The summed E-state index contributed by atoms with van der Waals surface area (Å²) in [4.78, 5) is 25.0. The molecule has 128 valence electrons. The van der Waals surface area contributed by atoms with Gasteiger partial charge in [-0.3, -0.25) is 14.8 Å². The average Bonchev–Trinajstić information content (AvgIpc) is 3.15. The van der Waals surface area contributed by atoms with Crippen molar-refractivity contribution in [2.45, 2.75) is 18.1 Å². The number of rotatable bonds is 7. The molecule has 2 amide bonds. The number of hydrogen-bond donors (Lipinski definition) is 3. The van der Waals surface area contributed by atoms with Crippen LogP contribution in [0.15, 0.2) is 41.8 Å². The van der Waals surface area contributed by atoms with E-state index >= 15 is 0 Å². The van der Waals surface area contributed by atoms with Crippen molar-refractivity contribution >= 4 is 34.9 Å². The van der Waals surface area contributed by atoms with Gasteiger partial charge in [0.2, 0.25) is 0 Å². The van der Waals surface area contributed by atoms with Crippen molar-refractivity contribution in [1.29, 1.82) is 0 Å². The van der Waals surface area contributed by atoms with Crippen molar-refractivity contribution in [3.05, 3.63) is 47.3 Å². The second kappa shape index (κ2) is 8.32. The van der Waals surface area contributed by atoms with Crippen molar-refractivity contribution in [2.75, 3.05) is 12.8 Å². The smallest absolute Gasteiger partial charge is 0.259 e. The Kier molecular flexibility index (Phi) is 6.42. The molecule has 0 bridgehead atoms. The van der Waals surface area contributed by atoms with Gasteiger partial charge in [-0.1, -0.05) is 18.2 Å². The molecule has 2 rings (SSSR count). The highest BCUT2D eigenvalue weighted by Gasteiger charge is 2.31. The molecule has 0 aliphatic rings. The van der Waals surface area contributed by atoms with E-state index in [1.54, 1.807) is 42.1 Å². The van der Waals surface area contributed by atoms with Gasteiger partial charge in [0.1, 0.15) is 0 Å². The van der Waals surface area contributed by atoms with E-state index in [0.717, 1.165) is 10.4 Å². The normalized spacial score (nSPS) is 13.1. The fourth-order valence-electron chi connectivity index (χ4n) is 2.17. The summed E-state index contributed by atoms with van der Waals surface area (Å²) in [5.41, 5.74) is 3.33. The summed E-state index contributed by atoms with van der Waals surface area (Å²) in [5.74, 6) is -0.648. The standard InChI is InChI=1S/C17H20N2O3S2/c1-17(23-2,16(21)19-22)9-10-18-15(20)13-7-5-12(6-8-13)14-4-3-11-24-14/h3-8,11,22H,9-10H2,1-2H3,(H,18,20)(H,19,21). The lowest BCUT2D eigenvalue weighted by molar-refractivity contribution is -0.131. The van der Waals surface area contributed by atoms with Crippen LogP contribution >= 0.6 is 23.1 Å². The van der Waals surface area contributed by atoms with Crippen LogP contribution in [0.5, 0.6) is 0 Å². The molecule has 1 aromatic heterocycles. The molecule has 7 heteroatoms. The lowest BCUT2D eigenvalue weighted by Gasteiger charge is -2.24. The topological polar surface area (TPSA) is 78.4 Å². The Morgan fingerprint density at radius 2 is 1.96 bits per heavy atom. The summed E-state index contributed by atoms with van der Waals surface area (Å²) in [6.45, 7) is 2.07. The van der Waals surface area contributed by atoms with E-state index in [1.165, 1.54) is 11.8 Å². The summed E-state index contributed by atoms with van der Waals surface area (Å²) in [6.07, 6.45) is 2.21. The molecule has 1 aromatic carbocycles. The molecule has 24 heavy (non-hydrogen) atoms. The van der Waals surface area contributed by atoms with Crippen molar-refractivity contribution < 1.29 is 14.8 Å². The third-order valence-corrected chi connectivity index (χ3v) is 6.08. The Hall–Kier alpha value is -1.83. The number of carbonyl (C=O) groups excluding carboxylic acids is 2. The van der Waals surface area contributed by atoms with Crippen LogP contribution in [0.2, 0.25) is 0 Å². The van der Waals surface area contributed by atoms with Crippen LogP contribution in [0, 0.1) is 0 Å². The van der Waals surface area contributed by atoms with E-state index in [9.17, 15) is 9.59 Å². The largest absolute Gasteiger partial charge is 0.352 e. The maximum Gasteiger partial charge on any atom is 0.259 e. The van der Waals surface area contributed by atoms with Crippen LogP contribution in [0.4, 0.5) is 0 Å². The number of hydroxylamine groups is 1. The molecular weight excluding hydrogens is 344 g/mol. The minimum Gasteiger partial charge on any atom is -0.352 e. The number of amides is 2. The SMILES string of the molecule is CSC(C)(CCNC(=O)c1ccc(-c2cccs2)cc1)C(=O)NO. The lowest BCUT2D eigenvalue weighted by atomic mass is 10.1. The zero-order valence-electron chi connectivity index (χ0n) is 13.5. The van der Waals surface area contributed by atoms with E-state index in [4.69, 9.17) is 5.21 Å². The summed E-state index contributed by atoms with van der Waals surface area (Å²) < 4.78 is -0.787. The molecule has 0 saturated heterocycles. The van der Waals surface area contributed by atoms with E-state index in [0.29, 0.717) is 18.5 Å². The van der Waals surface area contributed by atoms with Gasteiger partial charge in [0.15, 0.2) is 0 Å². The first-order valence-electron chi connectivity index (χ1n) is 7.42. The highest BCUT2D eigenvalue weighted by molar-refractivity contribution is 8.00. The van der Waals surface area contributed by atoms with E-state index in [2.05, 4.69) is 5.32 Å². The van der Waals surface area contributed by atoms with Crippen molar-refractivity contribution in [3.8, 4) is 10.4 Å². The molecule has 0 fully saturated rings. The predicted octanol–water partition coefficient (Wildman–Crippen LogP) is 3.16. The van der Waals surface area contributed by atoms with Crippen molar-refractivity contribution in [3.63, 3.8) is 0 Å². The summed E-state index contributed by atoms with van der Waals surface area (Å²) in [5, 5.41) is 13.6.